The first-order valence-electron chi connectivity index (χ1n) is 7.40. The maximum Gasteiger partial charge on any atom is 0.167 e. The number of methoxy groups -OCH3 is 1. The summed E-state index contributed by atoms with van der Waals surface area (Å²) in [5.41, 5.74) is 3.46. The summed E-state index contributed by atoms with van der Waals surface area (Å²) in [4.78, 5) is 0. The van der Waals surface area contributed by atoms with E-state index < -0.39 is 0 Å². The zero-order valence-corrected chi connectivity index (χ0v) is 14.9. The predicted molar refractivity (Wildman–Crippen MR) is 93.6 cm³/mol. The first kappa shape index (κ1) is 16.8. The molecule has 1 N–H and O–H groups in total. The van der Waals surface area contributed by atoms with Crippen LogP contribution in [0.25, 0.3) is 0 Å². The normalized spacial score (nSPS) is 10.5. The van der Waals surface area contributed by atoms with Crippen LogP contribution in [0.4, 0.5) is 0 Å². The van der Waals surface area contributed by atoms with E-state index in [0.29, 0.717) is 6.61 Å². The van der Waals surface area contributed by atoms with E-state index in [2.05, 4.69) is 59.4 Å². The highest BCUT2D eigenvalue weighted by molar-refractivity contribution is 9.10. The quantitative estimate of drug-likeness (QED) is 0.787. The molecular formula is C18H22BrNO2. The molecule has 2 rings (SSSR count). The number of hydrogen-bond donors (Lipinski definition) is 1. The number of halogens is 1. The Labute approximate surface area is 140 Å². The van der Waals surface area contributed by atoms with Gasteiger partial charge in [0.05, 0.1) is 7.11 Å². The standard InChI is InChI=1S/C18H22BrNO2/c1-4-20-11-15-16(19)9-10-17(21-3)18(15)22-12-14-7-5-13(2)6-8-14/h5-10,20H,4,11-12H2,1-3H3. The van der Waals surface area contributed by atoms with Crippen molar-refractivity contribution in [3.8, 4) is 11.5 Å². The predicted octanol–water partition coefficient (Wildman–Crippen LogP) is 4.45. The lowest BCUT2D eigenvalue weighted by molar-refractivity contribution is 0.280. The van der Waals surface area contributed by atoms with Crippen LogP contribution in [0.5, 0.6) is 11.5 Å². The van der Waals surface area contributed by atoms with Gasteiger partial charge in [0.2, 0.25) is 0 Å². The molecule has 0 heterocycles. The summed E-state index contributed by atoms with van der Waals surface area (Å²) in [5, 5.41) is 3.34. The van der Waals surface area contributed by atoms with E-state index in [1.807, 2.05) is 12.1 Å². The third-order valence-corrected chi connectivity index (χ3v) is 4.19. The Bertz CT molecular complexity index is 611. The second-order valence-electron chi connectivity index (χ2n) is 5.11. The van der Waals surface area contributed by atoms with Gasteiger partial charge in [-0.2, -0.15) is 0 Å². The van der Waals surface area contributed by atoms with Gasteiger partial charge in [0, 0.05) is 16.6 Å². The first-order valence-corrected chi connectivity index (χ1v) is 8.19. The molecule has 0 aliphatic carbocycles. The van der Waals surface area contributed by atoms with Gasteiger partial charge in [0.15, 0.2) is 11.5 Å². The number of nitrogens with one attached hydrogen (secondary N) is 1. The highest BCUT2D eigenvalue weighted by Crippen LogP contribution is 2.36. The van der Waals surface area contributed by atoms with Crippen molar-refractivity contribution in [1.29, 1.82) is 0 Å². The van der Waals surface area contributed by atoms with Crippen LogP contribution in [0, 0.1) is 6.92 Å². The van der Waals surface area contributed by atoms with Crippen molar-refractivity contribution in [2.45, 2.75) is 27.0 Å². The second-order valence-corrected chi connectivity index (χ2v) is 5.97. The summed E-state index contributed by atoms with van der Waals surface area (Å²) in [7, 11) is 1.67. The van der Waals surface area contributed by atoms with Gasteiger partial charge in [-0.25, -0.2) is 0 Å². The van der Waals surface area contributed by atoms with Crippen LogP contribution >= 0.6 is 15.9 Å². The van der Waals surface area contributed by atoms with E-state index in [9.17, 15) is 0 Å². The molecule has 2 aromatic carbocycles. The maximum atomic E-state index is 6.07. The zero-order valence-electron chi connectivity index (χ0n) is 13.3. The highest BCUT2D eigenvalue weighted by Gasteiger charge is 2.14. The molecule has 0 spiro atoms. The average molecular weight is 364 g/mol. The lowest BCUT2D eigenvalue weighted by Crippen LogP contribution is -2.14. The molecule has 2 aromatic rings. The summed E-state index contributed by atoms with van der Waals surface area (Å²) in [6, 6.07) is 12.3. The molecule has 0 saturated carbocycles. The molecule has 0 bridgehead atoms. The van der Waals surface area contributed by atoms with Gasteiger partial charge in [-0.1, -0.05) is 52.7 Å². The van der Waals surface area contributed by atoms with Crippen molar-refractivity contribution in [3.05, 3.63) is 57.6 Å². The Kier molecular flexibility index (Phi) is 6.28. The molecule has 0 radical (unpaired) electrons. The monoisotopic (exact) mass is 363 g/mol. The topological polar surface area (TPSA) is 30.5 Å². The van der Waals surface area contributed by atoms with Crippen LogP contribution in [0.2, 0.25) is 0 Å². The van der Waals surface area contributed by atoms with Crippen molar-refractivity contribution < 1.29 is 9.47 Å². The van der Waals surface area contributed by atoms with Crippen LogP contribution in [0.15, 0.2) is 40.9 Å². The number of hydrogen-bond acceptors (Lipinski definition) is 3. The van der Waals surface area contributed by atoms with Gasteiger partial charge in [-0.05, 0) is 31.2 Å². The van der Waals surface area contributed by atoms with Crippen LogP contribution < -0.4 is 14.8 Å². The molecule has 0 aliphatic heterocycles. The molecule has 0 saturated heterocycles. The lowest BCUT2D eigenvalue weighted by atomic mass is 10.1. The zero-order chi connectivity index (χ0) is 15.9. The van der Waals surface area contributed by atoms with E-state index in [4.69, 9.17) is 9.47 Å². The molecule has 3 nitrogen and oxygen atoms in total. The molecule has 0 unspecified atom stereocenters. The minimum Gasteiger partial charge on any atom is -0.493 e. The second kappa shape index (κ2) is 8.20. The lowest BCUT2D eigenvalue weighted by Gasteiger charge is -2.17. The summed E-state index contributed by atoms with van der Waals surface area (Å²) in [5.74, 6) is 1.54. The van der Waals surface area contributed by atoms with Crippen LogP contribution in [-0.2, 0) is 13.2 Å². The third kappa shape index (κ3) is 4.24. The molecule has 4 heteroatoms. The highest BCUT2D eigenvalue weighted by atomic mass is 79.9. The van der Waals surface area contributed by atoms with Gasteiger partial charge >= 0.3 is 0 Å². The number of rotatable bonds is 7. The van der Waals surface area contributed by atoms with Crippen LogP contribution in [0.1, 0.15) is 23.6 Å². The van der Waals surface area contributed by atoms with Gasteiger partial charge in [0.25, 0.3) is 0 Å². The van der Waals surface area contributed by atoms with Crippen molar-refractivity contribution in [2.75, 3.05) is 13.7 Å². The Morgan fingerprint density at radius 1 is 1.09 bits per heavy atom. The van der Waals surface area contributed by atoms with Crippen molar-refractivity contribution in [3.63, 3.8) is 0 Å². The Morgan fingerprint density at radius 3 is 2.45 bits per heavy atom. The fourth-order valence-electron chi connectivity index (χ4n) is 2.16. The number of aryl methyl sites for hydroxylation is 1. The van der Waals surface area contributed by atoms with E-state index in [0.717, 1.165) is 40.2 Å². The molecule has 22 heavy (non-hydrogen) atoms. The van der Waals surface area contributed by atoms with Gasteiger partial charge in [-0.3, -0.25) is 0 Å². The Morgan fingerprint density at radius 2 is 1.82 bits per heavy atom. The van der Waals surface area contributed by atoms with E-state index in [1.54, 1.807) is 7.11 Å². The summed E-state index contributed by atoms with van der Waals surface area (Å²) in [6.07, 6.45) is 0. The summed E-state index contributed by atoms with van der Waals surface area (Å²) in [6.45, 7) is 6.32. The molecule has 0 aliphatic rings. The minimum atomic E-state index is 0.520. The number of ether oxygens (including phenoxy) is 2. The molecule has 0 aromatic heterocycles. The SMILES string of the molecule is CCNCc1c(Br)ccc(OC)c1OCc1ccc(C)cc1. The minimum absolute atomic E-state index is 0.520. The molecular weight excluding hydrogens is 342 g/mol. The summed E-state index contributed by atoms with van der Waals surface area (Å²) >= 11 is 3.60. The van der Waals surface area contributed by atoms with E-state index in [1.165, 1.54) is 5.56 Å². The molecule has 0 fully saturated rings. The van der Waals surface area contributed by atoms with Crippen LogP contribution in [-0.4, -0.2) is 13.7 Å². The number of benzene rings is 2. The van der Waals surface area contributed by atoms with Crippen molar-refractivity contribution in [2.24, 2.45) is 0 Å². The average Bonchev–Trinajstić information content (AvgIpc) is 2.53. The van der Waals surface area contributed by atoms with Gasteiger partial charge in [-0.15, -0.1) is 0 Å². The third-order valence-electron chi connectivity index (χ3n) is 3.44. The largest absolute Gasteiger partial charge is 0.493 e. The Balaban J connectivity index is 2.23. The van der Waals surface area contributed by atoms with E-state index in [-0.39, 0.29) is 0 Å². The van der Waals surface area contributed by atoms with Crippen molar-refractivity contribution >= 4 is 15.9 Å². The fraction of sp³-hybridized carbons (Fsp3) is 0.333. The molecule has 118 valence electrons. The smallest absolute Gasteiger partial charge is 0.167 e. The van der Waals surface area contributed by atoms with Crippen molar-refractivity contribution in [1.82, 2.24) is 5.32 Å². The van der Waals surface area contributed by atoms with E-state index >= 15 is 0 Å². The fourth-order valence-corrected chi connectivity index (χ4v) is 2.61. The van der Waals surface area contributed by atoms with Crippen LogP contribution in [0.3, 0.4) is 0 Å². The maximum absolute atomic E-state index is 6.07. The first-order chi connectivity index (χ1) is 10.7. The van der Waals surface area contributed by atoms with Gasteiger partial charge < -0.3 is 14.8 Å². The molecule has 0 amide bonds. The Hall–Kier alpha value is -1.52. The van der Waals surface area contributed by atoms with Gasteiger partial charge in [0.1, 0.15) is 6.61 Å². The molecule has 0 atom stereocenters. The summed E-state index contributed by atoms with van der Waals surface area (Å²) < 4.78 is 12.5.